The van der Waals surface area contributed by atoms with E-state index < -0.39 is 0 Å². The molecule has 3 rings (SSSR count). The number of hydrogen-bond donors (Lipinski definition) is 0. The van der Waals surface area contributed by atoms with Gasteiger partial charge in [0.05, 0.1) is 16.5 Å². The quantitative estimate of drug-likeness (QED) is 0.849. The van der Waals surface area contributed by atoms with Crippen LogP contribution in [0.4, 0.5) is 5.69 Å². The lowest BCUT2D eigenvalue weighted by Gasteiger charge is -2.16. The van der Waals surface area contributed by atoms with E-state index in [4.69, 9.17) is 5.26 Å². The van der Waals surface area contributed by atoms with Crippen molar-refractivity contribution in [1.29, 1.82) is 5.26 Å². The molecule has 0 fully saturated rings. The van der Waals surface area contributed by atoms with E-state index in [0.717, 1.165) is 28.5 Å². The highest BCUT2D eigenvalue weighted by atomic mass is 32.2. The Morgan fingerprint density at radius 2 is 2.24 bits per heavy atom. The lowest BCUT2D eigenvalue weighted by Crippen LogP contribution is -2.25. The van der Waals surface area contributed by atoms with Gasteiger partial charge in [0.1, 0.15) is 0 Å². The number of amides is 1. The molecule has 0 spiro atoms. The van der Waals surface area contributed by atoms with Gasteiger partial charge in [-0.05, 0) is 42.0 Å². The molecule has 1 aromatic carbocycles. The fraction of sp³-hybridized carbons (Fsp3) is 0.250. The molecule has 0 saturated heterocycles. The monoisotopic (exact) mass is 314 g/mol. The average molecular weight is 314 g/mol. The van der Waals surface area contributed by atoms with Gasteiger partial charge in [0, 0.05) is 23.4 Å². The first-order valence-electron chi connectivity index (χ1n) is 6.66. The molecular formula is C16H14N2OS2. The van der Waals surface area contributed by atoms with E-state index in [2.05, 4.69) is 6.07 Å². The molecule has 0 saturated carbocycles. The Kier molecular flexibility index (Phi) is 4.00. The average Bonchev–Trinajstić information content (AvgIpc) is 2.97. The van der Waals surface area contributed by atoms with Crippen molar-refractivity contribution in [1.82, 2.24) is 0 Å². The fourth-order valence-electron chi connectivity index (χ4n) is 2.32. The first kappa shape index (κ1) is 14.2. The number of carbonyl (C=O) groups excluding carboxylic acids is 1. The van der Waals surface area contributed by atoms with Crippen LogP contribution in [0.25, 0.3) is 0 Å². The summed E-state index contributed by atoms with van der Waals surface area (Å²) in [7, 11) is 1.76. The Morgan fingerprint density at radius 1 is 1.38 bits per heavy atom. The fourth-order valence-corrected chi connectivity index (χ4v) is 4.67. The van der Waals surface area contributed by atoms with Crippen LogP contribution < -0.4 is 4.90 Å². The second-order valence-electron chi connectivity index (χ2n) is 4.89. The molecule has 2 heterocycles. The van der Waals surface area contributed by atoms with Crippen LogP contribution in [0.2, 0.25) is 0 Å². The maximum absolute atomic E-state index is 12.6. The SMILES string of the molecule is CN(C(=O)c1cc2c(s1)CCSC2)c1cccc(C#N)c1. The minimum atomic E-state index is -0.00510. The number of thioether (sulfide) groups is 1. The molecule has 1 amide bonds. The minimum absolute atomic E-state index is 0.00510. The number of rotatable bonds is 2. The summed E-state index contributed by atoms with van der Waals surface area (Å²) < 4.78 is 0. The summed E-state index contributed by atoms with van der Waals surface area (Å²) in [6, 6.07) is 11.3. The van der Waals surface area contributed by atoms with Crippen LogP contribution in [-0.2, 0) is 12.2 Å². The van der Waals surface area contributed by atoms with Crippen molar-refractivity contribution in [3.05, 3.63) is 51.2 Å². The summed E-state index contributed by atoms with van der Waals surface area (Å²) in [5.74, 6) is 2.14. The van der Waals surface area contributed by atoms with Gasteiger partial charge in [0.2, 0.25) is 0 Å². The first-order chi connectivity index (χ1) is 10.2. The molecule has 2 aromatic rings. The molecule has 1 aromatic heterocycles. The number of aryl methyl sites for hydroxylation is 1. The predicted octanol–water partition coefficient (Wildman–Crippen LogP) is 3.69. The molecular weight excluding hydrogens is 300 g/mol. The van der Waals surface area contributed by atoms with Crippen molar-refractivity contribution >= 4 is 34.7 Å². The number of thiophene rings is 1. The summed E-state index contributed by atoms with van der Waals surface area (Å²) in [5, 5.41) is 8.96. The number of nitrogens with zero attached hydrogens (tertiary/aromatic N) is 2. The molecule has 0 radical (unpaired) electrons. The molecule has 0 aliphatic carbocycles. The molecule has 0 bridgehead atoms. The van der Waals surface area contributed by atoms with Crippen LogP contribution in [0.1, 0.15) is 25.7 Å². The molecule has 0 unspecified atom stereocenters. The van der Waals surface area contributed by atoms with Crippen molar-refractivity contribution in [3.8, 4) is 6.07 Å². The van der Waals surface area contributed by atoms with E-state index in [1.54, 1.807) is 41.5 Å². The number of nitriles is 1. The van der Waals surface area contributed by atoms with Crippen molar-refractivity contribution in [2.24, 2.45) is 0 Å². The number of benzene rings is 1. The number of anilines is 1. The highest BCUT2D eigenvalue weighted by Gasteiger charge is 2.20. The topological polar surface area (TPSA) is 44.1 Å². The van der Waals surface area contributed by atoms with Crippen molar-refractivity contribution in [2.45, 2.75) is 12.2 Å². The van der Waals surface area contributed by atoms with E-state index in [1.807, 2.05) is 23.9 Å². The zero-order chi connectivity index (χ0) is 14.8. The summed E-state index contributed by atoms with van der Waals surface area (Å²) in [4.78, 5) is 16.4. The van der Waals surface area contributed by atoms with Gasteiger partial charge in [-0.2, -0.15) is 17.0 Å². The third-order valence-corrected chi connectivity index (χ3v) is 5.74. The maximum atomic E-state index is 12.6. The van der Waals surface area contributed by atoms with Gasteiger partial charge in [0.25, 0.3) is 5.91 Å². The van der Waals surface area contributed by atoms with Crippen molar-refractivity contribution < 1.29 is 4.79 Å². The lowest BCUT2D eigenvalue weighted by atomic mass is 10.2. The Hall–Kier alpha value is -1.77. The number of hydrogen-bond acceptors (Lipinski definition) is 4. The Morgan fingerprint density at radius 3 is 3.00 bits per heavy atom. The third-order valence-electron chi connectivity index (χ3n) is 3.51. The number of fused-ring (bicyclic) bond motifs is 1. The van der Waals surface area contributed by atoms with Crippen LogP contribution in [-0.4, -0.2) is 18.7 Å². The molecule has 1 aliphatic rings. The first-order valence-corrected chi connectivity index (χ1v) is 8.63. The van der Waals surface area contributed by atoms with E-state index >= 15 is 0 Å². The van der Waals surface area contributed by atoms with Crippen molar-refractivity contribution in [2.75, 3.05) is 17.7 Å². The van der Waals surface area contributed by atoms with E-state index in [0.29, 0.717) is 5.56 Å². The second-order valence-corrected chi connectivity index (χ2v) is 7.13. The molecule has 0 N–H and O–H groups in total. The largest absolute Gasteiger partial charge is 0.311 e. The summed E-state index contributed by atoms with van der Waals surface area (Å²) in [5.41, 5.74) is 2.62. The van der Waals surface area contributed by atoms with Gasteiger partial charge in [-0.1, -0.05) is 6.07 Å². The number of carbonyl (C=O) groups is 1. The molecule has 21 heavy (non-hydrogen) atoms. The summed E-state index contributed by atoms with van der Waals surface area (Å²) in [6.07, 6.45) is 1.06. The highest BCUT2D eigenvalue weighted by molar-refractivity contribution is 7.98. The standard InChI is InChI=1S/C16H14N2OS2/c1-18(13-4-2-3-11(7-13)9-17)16(19)15-8-12-10-20-6-5-14(12)21-15/h2-4,7-8H,5-6,10H2,1H3. The predicted molar refractivity (Wildman–Crippen MR) is 88.1 cm³/mol. The summed E-state index contributed by atoms with van der Waals surface area (Å²) in [6.45, 7) is 0. The summed E-state index contributed by atoms with van der Waals surface area (Å²) >= 11 is 3.52. The van der Waals surface area contributed by atoms with Gasteiger partial charge in [-0.3, -0.25) is 4.79 Å². The van der Waals surface area contributed by atoms with Gasteiger partial charge in [-0.15, -0.1) is 11.3 Å². The van der Waals surface area contributed by atoms with E-state index in [1.165, 1.54) is 10.4 Å². The maximum Gasteiger partial charge on any atom is 0.268 e. The smallest absolute Gasteiger partial charge is 0.268 e. The molecule has 0 atom stereocenters. The van der Waals surface area contributed by atoms with Crippen LogP contribution in [0.3, 0.4) is 0 Å². The Labute approximate surface area is 132 Å². The van der Waals surface area contributed by atoms with Gasteiger partial charge >= 0.3 is 0 Å². The van der Waals surface area contributed by atoms with E-state index in [-0.39, 0.29) is 5.91 Å². The molecule has 106 valence electrons. The van der Waals surface area contributed by atoms with Gasteiger partial charge in [-0.25, -0.2) is 0 Å². The zero-order valence-electron chi connectivity index (χ0n) is 11.6. The van der Waals surface area contributed by atoms with Crippen LogP contribution in [0.5, 0.6) is 0 Å². The van der Waals surface area contributed by atoms with Crippen LogP contribution in [0, 0.1) is 11.3 Å². The van der Waals surface area contributed by atoms with Crippen LogP contribution >= 0.6 is 23.1 Å². The molecule has 1 aliphatic heterocycles. The van der Waals surface area contributed by atoms with Crippen LogP contribution in [0.15, 0.2) is 30.3 Å². The Balaban J connectivity index is 1.87. The normalized spacial score (nSPS) is 13.3. The third kappa shape index (κ3) is 2.82. The molecule has 5 heteroatoms. The van der Waals surface area contributed by atoms with Crippen molar-refractivity contribution in [3.63, 3.8) is 0 Å². The molecule has 3 nitrogen and oxygen atoms in total. The highest BCUT2D eigenvalue weighted by Crippen LogP contribution is 2.32. The lowest BCUT2D eigenvalue weighted by molar-refractivity contribution is 0.0997. The van der Waals surface area contributed by atoms with E-state index in [9.17, 15) is 4.79 Å². The minimum Gasteiger partial charge on any atom is -0.311 e. The Bertz CT molecular complexity index is 707. The second kappa shape index (κ2) is 5.92. The van der Waals surface area contributed by atoms with Gasteiger partial charge < -0.3 is 4.90 Å². The zero-order valence-corrected chi connectivity index (χ0v) is 13.3. The van der Waals surface area contributed by atoms with Gasteiger partial charge in [0.15, 0.2) is 0 Å².